The van der Waals surface area contributed by atoms with Gasteiger partial charge in [-0.3, -0.25) is 14.4 Å². The molecule has 2 heterocycles. The molecular weight excluding hydrogens is 413 g/mol. The minimum atomic E-state index is -0.989. The molecule has 2 aliphatic heterocycles. The van der Waals surface area contributed by atoms with Crippen LogP contribution in [-0.4, -0.2) is 49.2 Å². The zero-order valence-corrected chi connectivity index (χ0v) is 17.9. The number of nitrogens with one attached hydrogen (secondary N) is 1. The van der Waals surface area contributed by atoms with Crippen molar-refractivity contribution >= 4 is 23.3 Å². The Labute approximate surface area is 185 Å². The summed E-state index contributed by atoms with van der Waals surface area (Å²) in [5.41, 5.74) is 7.90. The van der Waals surface area contributed by atoms with Crippen LogP contribution < -0.4 is 15.8 Å². The summed E-state index contributed by atoms with van der Waals surface area (Å²) in [6, 6.07) is 9.89. The number of fused-ring (bicyclic) bond motifs is 1. The Bertz CT molecular complexity index is 1050. The fourth-order valence-corrected chi connectivity index (χ4v) is 4.57. The topological polar surface area (TPSA) is 102 Å². The number of anilines is 1. The molecule has 0 saturated carbocycles. The Hall–Kier alpha value is -3.42. The van der Waals surface area contributed by atoms with E-state index < -0.39 is 17.6 Å². The van der Waals surface area contributed by atoms with E-state index in [0.29, 0.717) is 41.6 Å². The maximum Gasteiger partial charge on any atom is 0.285 e. The van der Waals surface area contributed by atoms with E-state index in [1.165, 1.54) is 19.2 Å². The number of methoxy groups -OCH3 is 1. The standard InChI is InChI=1S/C24H26FN3O4/c1-32-21-12-20-17(19(13-27-20)22(29)23(26)30)11-18(21)24(31)28-8-6-15(7-9-28)10-14-2-4-16(25)5-3-14/h2-5,11-12,15,19,27H,6-10,13H2,1H3,(H2,26,30). The first-order chi connectivity index (χ1) is 15.4. The molecule has 2 aromatic rings. The molecule has 1 atom stereocenters. The smallest absolute Gasteiger partial charge is 0.285 e. The number of piperidine rings is 1. The van der Waals surface area contributed by atoms with Gasteiger partial charge in [0, 0.05) is 31.4 Å². The van der Waals surface area contributed by atoms with Crippen molar-refractivity contribution < 1.29 is 23.5 Å². The number of nitrogens with two attached hydrogens (primary N) is 1. The van der Waals surface area contributed by atoms with Crippen molar-refractivity contribution in [3.63, 3.8) is 0 Å². The van der Waals surface area contributed by atoms with Crippen LogP contribution >= 0.6 is 0 Å². The van der Waals surface area contributed by atoms with Crippen molar-refractivity contribution in [3.05, 3.63) is 58.9 Å². The summed E-state index contributed by atoms with van der Waals surface area (Å²) in [6.45, 7) is 1.46. The van der Waals surface area contributed by atoms with Gasteiger partial charge in [0.15, 0.2) is 0 Å². The maximum absolute atomic E-state index is 13.3. The van der Waals surface area contributed by atoms with Gasteiger partial charge >= 0.3 is 0 Å². The summed E-state index contributed by atoms with van der Waals surface area (Å²) < 4.78 is 18.6. The summed E-state index contributed by atoms with van der Waals surface area (Å²) >= 11 is 0. The molecule has 4 rings (SSSR count). The molecule has 1 fully saturated rings. The number of ketones is 1. The van der Waals surface area contributed by atoms with Crippen LogP contribution in [0, 0.1) is 11.7 Å². The number of ether oxygens (including phenoxy) is 1. The number of hydrogen-bond donors (Lipinski definition) is 2. The highest BCUT2D eigenvalue weighted by molar-refractivity contribution is 6.38. The first-order valence-corrected chi connectivity index (χ1v) is 10.7. The van der Waals surface area contributed by atoms with Crippen LogP contribution in [-0.2, 0) is 16.0 Å². The number of benzene rings is 2. The van der Waals surface area contributed by atoms with E-state index in [2.05, 4.69) is 5.32 Å². The molecule has 32 heavy (non-hydrogen) atoms. The van der Waals surface area contributed by atoms with Crippen molar-refractivity contribution in [1.29, 1.82) is 0 Å². The summed E-state index contributed by atoms with van der Waals surface area (Å²) in [5, 5.41) is 3.08. The van der Waals surface area contributed by atoms with E-state index in [-0.39, 0.29) is 18.3 Å². The molecule has 1 unspecified atom stereocenters. The normalized spacial score (nSPS) is 18.1. The number of primary amides is 1. The van der Waals surface area contributed by atoms with Crippen molar-refractivity contribution in [3.8, 4) is 5.75 Å². The van der Waals surface area contributed by atoms with E-state index in [4.69, 9.17) is 10.5 Å². The van der Waals surface area contributed by atoms with Gasteiger partial charge in [-0.15, -0.1) is 0 Å². The van der Waals surface area contributed by atoms with Crippen molar-refractivity contribution in [2.75, 3.05) is 32.1 Å². The molecule has 0 spiro atoms. The molecule has 0 radical (unpaired) electrons. The quantitative estimate of drug-likeness (QED) is 0.674. The Balaban J connectivity index is 1.47. The van der Waals surface area contributed by atoms with Crippen LogP contribution in [0.2, 0.25) is 0 Å². The lowest BCUT2D eigenvalue weighted by atomic mass is 9.89. The molecule has 8 heteroatoms. The molecule has 168 valence electrons. The predicted molar refractivity (Wildman–Crippen MR) is 117 cm³/mol. The van der Waals surface area contributed by atoms with Gasteiger partial charge in [0.25, 0.3) is 11.8 Å². The second kappa shape index (κ2) is 8.98. The average Bonchev–Trinajstić information content (AvgIpc) is 3.22. The zero-order chi connectivity index (χ0) is 22.8. The number of halogens is 1. The number of nitrogens with zero attached hydrogens (tertiary/aromatic N) is 1. The molecule has 0 aliphatic carbocycles. The Morgan fingerprint density at radius 1 is 1.16 bits per heavy atom. The minimum Gasteiger partial charge on any atom is -0.496 e. The highest BCUT2D eigenvalue weighted by Gasteiger charge is 2.34. The monoisotopic (exact) mass is 439 g/mol. The number of likely N-dealkylation sites (tertiary alicyclic amines) is 1. The summed E-state index contributed by atoms with van der Waals surface area (Å²) in [6.07, 6.45) is 2.55. The molecule has 7 nitrogen and oxygen atoms in total. The SMILES string of the molecule is COc1cc2c(cc1C(=O)N1CCC(Cc3ccc(F)cc3)CC1)C(C(=O)C(N)=O)CN2. The molecule has 0 aromatic heterocycles. The van der Waals surface area contributed by atoms with Gasteiger partial charge in [-0.2, -0.15) is 0 Å². The van der Waals surface area contributed by atoms with Crippen LogP contribution in [0.3, 0.4) is 0 Å². The molecule has 1 saturated heterocycles. The fourth-order valence-electron chi connectivity index (χ4n) is 4.57. The lowest BCUT2D eigenvalue weighted by Crippen LogP contribution is -2.39. The van der Waals surface area contributed by atoms with Crippen molar-refractivity contribution in [1.82, 2.24) is 4.90 Å². The second-order valence-corrected chi connectivity index (χ2v) is 8.37. The molecular formula is C24H26FN3O4. The van der Waals surface area contributed by atoms with Crippen LogP contribution in [0.4, 0.5) is 10.1 Å². The van der Waals surface area contributed by atoms with Crippen molar-refractivity contribution in [2.24, 2.45) is 11.7 Å². The Morgan fingerprint density at radius 2 is 1.84 bits per heavy atom. The van der Waals surface area contributed by atoms with Gasteiger partial charge in [0.2, 0.25) is 5.78 Å². The van der Waals surface area contributed by atoms with E-state index in [1.54, 1.807) is 29.2 Å². The second-order valence-electron chi connectivity index (χ2n) is 8.37. The largest absolute Gasteiger partial charge is 0.496 e. The highest BCUT2D eigenvalue weighted by atomic mass is 19.1. The van der Waals surface area contributed by atoms with Gasteiger partial charge in [-0.05, 0) is 54.5 Å². The minimum absolute atomic E-state index is 0.165. The lowest BCUT2D eigenvalue weighted by molar-refractivity contribution is -0.136. The first-order valence-electron chi connectivity index (χ1n) is 10.7. The molecule has 2 aliphatic rings. The van der Waals surface area contributed by atoms with E-state index >= 15 is 0 Å². The van der Waals surface area contributed by atoms with E-state index in [0.717, 1.165) is 24.8 Å². The molecule has 2 aromatic carbocycles. The third kappa shape index (κ3) is 4.30. The van der Waals surface area contributed by atoms with Gasteiger partial charge in [0.1, 0.15) is 11.6 Å². The van der Waals surface area contributed by atoms with Crippen LogP contribution in [0.15, 0.2) is 36.4 Å². The lowest BCUT2D eigenvalue weighted by Gasteiger charge is -2.32. The maximum atomic E-state index is 13.3. The van der Waals surface area contributed by atoms with E-state index in [9.17, 15) is 18.8 Å². The Kier molecular flexibility index (Phi) is 6.12. The van der Waals surface area contributed by atoms with Gasteiger partial charge in [-0.1, -0.05) is 12.1 Å². The fraction of sp³-hybridized carbons (Fsp3) is 0.375. The number of Topliss-reactive ketones (excluding diaryl/α,β-unsaturated/α-hetero) is 1. The van der Waals surface area contributed by atoms with E-state index in [1.807, 2.05) is 0 Å². The third-order valence-corrected chi connectivity index (χ3v) is 6.37. The first kappa shape index (κ1) is 21.8. The molecule has 0 bridgehead atoms. The zero-order valence-electron chi connectivity index (χ0n) is 17.9. The number of carbonyl (C=O) groups excluding carboxylic acids is 3. The average molecular weight is 439 g/mol. The van der Waals surface area contributed by atoms with Crippen LogP contribution in [0.1, 0.15) is 40.2 Å². The predicted octanol–water partition coefficient (Wildman–Crippen LogP) is 2.49. The highest BCUT2D eigenvalue weighted by Crippen LogP contribution is 2.38. The van der Waals surface area contributed by atoms with Gasteiger partial charge in [-0.25, -0.2) is 4.39 Å². The number of hydrogen-bond acceptors (Lipinski definition) is 5. The summed E-state index contributed by atoms with van der Waals surface area (Å²) in [5.74, 6) is -1.94. The number of amides is 2. The molecule has 2 amide bonds. The summed E-state index contributed by atoms with van der Waals surface area (Å²) in [4.78, 5) is 38.7. The van der Waals surface area contributed by atoms with Crippen LogP contribution in [0.5, 0.6) is 5.75 Å². The van der Waals surface area contributed by atoms with Gasteiger partial charge < -0.3 is 20.7 Å². The van der Waals surface area contributed by atoms with Crippen LogP contribution in [0.25, 0.3) is 0 Å². The number of carbonyl (C=O) groups is 3. The number of rotatable bonds is 6. The Morgan fingerprint density at radius 3 is 2.47 bits per heavy atom. The summed E-state index contributed by atoms with van der Waals surface area (Å²) in [7, 11) is 1.49. The third-order valence-electron chi connectivity index (χ3n) is 6.37. The molecule has 3 N–H and O–H groups in total. The van der Waals surface area contributed by atoms with Gasteiger partial charge in [0.05, 0.1) is 18.6 Å². The van der Waals surface area contributed by atoms with Crippen molar-refractivity contribution in [2.45, 2.75) is 25.2 Å².